The Morgan fingerprint density at radius 3 is 2.28 bits per heavy atom. The summed E-state index contributed by atoms with van der Waals surface area (Å²) >= 11 is 1.13. The van der Waals surface area contributed by atoms with Crippen LogP contribution in [0.15, 0.2) is 54.6 Å². The average molecular weight is 414 g/mol. The van der Waals surface area contributed by atoms with Gasteiger partial charge in [0.05, 0.1) is 12.5 Å². The van der Waals surface area contributed by atoms with E-state index >= 15 is 0 Å². The highest BCUT2D eigenvalue weighted by Gasteiger charge is 2.28. The topological polar surface area (TPSA) is 63.7 Å². The normalized spacial score (nSPS) is 11.6. The molecule has 6 heteroatoms. The number of esters is 1. The molecule has 154 valence electrons. The highest BCUT2D eigenvalue weighted by atomic mass is 32.2. The molecule has 2 aromatic carbocycles. The molecule has 5 nitrogen and oxygen atoms in total. The van der Waals surface area contributed by atoms with Gasteiger partial charge in [-0.25, -0.2) is 0 Å². The first-order valence-electron chi connectivity index (χ1n) is 9.61. The van der Waals surface area contributed by atoms with Crippen molar-refractivity contribution in [2.75, 3.05) is 23.8 Å². The van der Waals surface area contributed by atoms with Crippen molar-refractivity contribution in [3.05, 3.63) is 65.7 Å². The number of rotatable bonds is 9. The molecule has 0 saturated carbocycles. The van der Waals surface area contributed by atoms with Crippen molar-refractivity contribution in [3.63, 3.8) is 0 Å². The minimum absolute atomic E-state index is 0.0388. The summed E-state index contributed by atoms with van der Waals surface area (Å²) in [6.07, 6.45) is 0.491. The third kappa shape index (κ3) is 7.38. The lowest BCUT2D eigenvalue weighted by molar-refractivity contribution is -0.142. The van der Waals surface area contributed by atoms with Gasteiger partial charge in [0.15, 0.2) is 5.12 Å². The second-order valence-electron chi connectivity index (χ2n) is 6.75. The van der Waals surface area contributed by atoms with Crippen molar-refractivity contribution in [3.8, 4) is 0 Å². The Hall–Kier alpha value is -2.60. The van der Waals surface area contributed by atoms with Crippen LogP contribution in [0, 0.1) is 12.8 Å². The summed E-state index contributed by atoms with van der Waals surface area (Å²) in [6.45, 7) is 5.28. The Labute approximate surface area is 176 Å². The summed E-state index contributed by atoms with van der Waals surface area (Å²) < 4.78 is 5.07. The van der Waals surface area contributed by atoms with Gasteiger partial charge in [-0.3, -0.25) is 14.4 Å². The molecule has 0 aliphatic heterocycles. The molecule has 2 aromatic rings. The molecule has 0 fully saturated rings. The summed E-state index contributed by atoms with van der Waals surface area (Å²) in [5.41, 5.74) is 2.71. The maximum absolute atomic E-state index is 13.5. The van der Waals surface area contributed by atoms with Crippen molar-refractivity contribution >= 4 is 34.4 Å². The van der Waals surface area contributed by atoms with Crippen molar-refractivity contribution in [2.45, 2.75) is 27.2 Å². The fourth-order valence-corrected chi connectivity index (χ4v) is 3.61. The zero-order valence-corrected chi connectivity index (χ0v) is 17.9. The van der Waals surface area contributed by atoms with Crippen LogP contribution in [0.3, 0.4) is 0 Å². The summed E-state index contributed by atoms with van der Waals surface area (Å²) in [5, 5.41) is -0.0388. The smallest absolute Gasteiger partial charge is 0.326 e. The number of nitrogens with zero attached hydrogens (tertiary/aromatic N) is 1. The van der Waals surface area contributed by atoms with E-state index in [-0.39, 0.29) is 24.2 Å². The zero-order chi connectivity index (χ0) is 21.2. The number of ether oxygens (including phenoxy) is 1. The molecule has 0 spiro atoms. The molecule has 0 N–H and O–H groups in total. The van der Waals surface area contributed by atoms with Gasteiger partial charge in [-0.15, -0.1) is 0 Å². The third-order valence-electron chi connectivity index (χ3n) is 4.37. The van der Waals surface area contributed by atoms with Crippen LogP contribution in [0.4, 0.5) is 5.69 Å². The SMILES string of the molecule is CCOC(=O)CN(C(=O)C(CSC(C)=O)Cc1ccccc1)c1ccc(C)cc1. The van der Waals surface area contributed by atoms with Gasteiger partial charge in [-0.2, -0.15) is 0 Å². The van der Waals surface area contributed by atoms with Gasteiger partial charge in [0.2, 0.25) is 5.91 Å². The van der Waals surface area contributed by atoms with Crippen molar-refractivity contribution in [1.82, 2.24) is 0 Å². The molecule has 1 unspecified atom stereocenters. The van der Waals surface area contributed by atoms with E-state index in [0.29, 0.717) is 17.9 Å². The van der Waals surface area contributed by atoms with Gasteiger partial charge in [0, 0.05) is 18.4 Å². The Morgan fingerprint density at radius 2 is 1.69 bits per heavy atom. The molecule has 0 aromatic heterocycles. The lowest BCUT2D eigenvalue weighted by Crippen LogP contribution is -2.42. The van der Waals surface area contributed by atoms with E-state index in [9.17, 15) is 14.4 Å². The lowest BCUT2D eigenvalue weighted by atomic mass is 9.99. The average Bonchev–Trinajstić information content (AvgIpc) is 2.70. The predicted molar refractivity (Wildman–Crippen MR) is 117 cm³/mol. The van der Waals surface area contributed by atoms with Gasteiger partial charge >= 0.3 is 5.97 Å². The lowest BCUT2D eigenvalue weighted by Gasteiger charge is -2.27. The quantitative estimate of drug-likeness (QED) is 0.581. The number of thioether (sulfide) groups is 1. The second-order valence-corrected chi connectivity index (χ2v) is 7.95. The Morgan fingerprint density at radius 1 is 1.03 bits per heavy atom. The third-order valence-corrected chi connectivity index (χ3v) is 5.34. The molecule has 1 atom stereocenters. The summed E-state index contributed by atoms with van der Waals surface area (Å²) in [4.78, 5) is 38.6. The van der Waals surface area contributed by atoms with E-state index in [0.717, 1.165) is 22.9 Å². The fraction of sp³-hybridized carbons (Fsp3) is 0.348. The summed E-state index contributed by atoms with van der Waals surface area (Å²) in [7, 11) is 0. The fourth-order valence-electron chi connectivity index (χ4n) is 2.91. The van der Waals surface area contributed by atoms with Crippen LogP contribution < -0.4 is 4.90 Å². The molecule has 1 amide bonds. The molecule has 0 aliphatic carbocycles. The van der Waals surface area contributed by atoms with Gasteiger partial charge < -0.3 is 9.64 Å². The van der Waals surface area contributed by atoms with Gasteiger partial charge in [-0.1, -0.05) is 59.8 Å². The summed E-state index contributed by atoms with van der Waals surface area (Å²) in [6, 6.07) is 17.1. The van der Waals surface area contributed by atoms with Crippen LogP contribution in [-0.4, -0.2) is 35.9 Å². The molecule has 0 heterocycles. The number of hydrogen-bond donors (Lipinski definition) is 0. The molecule has 29 heavy (non-hydrogen) atoms. The van der Waals surface area contributed by atoms with Crippen LogP contribution in [0.1, 0.15) is 25.0 Å². The van der Waals surface area contributed by atoms with Crippen molar-refractivity contribution in [2.24, 2.45) is 5.92 Å². The molecule has 0 aliphatic rings. The van der Waals surface area contributed by atoms with E-state index in [1.165, 1.54) is 11.8 Å². The second kappa shape index (κ2) is 11.4. The van der Waals surface area contributed by atoms with Gasteiger partial charge in [-0.05, 0) is 38.0 Å². The van der Waals surface area contributed by atoms with Crippen molar-refractivity contribution < 1.29 is 19.1 Å². The first-order chi connectivity index (χ1) is 13.9. The Bertz CT molecular complexity index is 821. The van der Waals surface area contributed by atoms with Gasteiger partial charge in [0.1, 0.15) is 6.54 Å². The largest absolute Gasteiger partial charge is 0.465 e. The predicted octanol–water partition coefficient (Wildman–Crippen LogP) is 4.03. The van der Waals surface area contributed by atoms with Crippen LogP contribution in [0.5, 0.6) is 0 Å². The van der Waals surface area contributed by atoms with Crippen LogP contribution in [0.25, 0.3) is 0 Å². The number of anilines is 1. The molecule has 2 rings (SSSR count). The molecular formula is C23H27NO4S. The number of hydrogen-bond acceptors (Lipinski definition) is 5. The standard InChI is InChI=1S/C23H27NO4S/c1-4-28-22(26)15-24(21-12-10-17(2)11-13-21)23(27)20(16-29-18(3)25)14-19-8-6-5-7-9-19/h5-13,20H,4,14-16H2,1-3H3. The maximum atomic E-state index is 13.5. The minimum atomic E-state index is -0.459. The van der Waals surface area contributed by atoms with E-state index in [4.69, 9.17) is 4.74 Å². The first kappa shape index (κ1) is 22.7. The highest BCUT2D eigenvalue weighted by Crippen LogP contribution is 2.23. The molecule has 0 radical (unpaired) electrons. The molecule has 0 saturated heterocycles. The monoisotopic (exact) mass is 413 g/mol. The number of carbonyl (C=O) groups is 3. The van der Waals surface area contributed by atoms with E-state index < -0.39 is 11.9 Å². The minimum Gasteiger partial charge on any atom is -0.465 e. The van der Waals surface area contributed by atoms with E-state index in [2.05, 4.69) is 0 Å². The van der Waals surface area contributed by atoms with Gasteiger partial charge in [0.25, 0.3) is 0 Å². The Balaban J connectivity index is 2.31. The van der Waals surface area contributed by atoms with Crippen molar-refractivity contribution in [1.29, 1.82) is 0 Å². The molecule has 0 bridgehead atoms. The first-order valence-corrected chi connectivity index (χ1v) is 10.6. The maximum Gasteiger partial charge on any atom is 0.326 e. The molecular weight excluding hydrogens is 386 g/mol. The number of benzene rings is 2. The van der Waals surface area contributed by atoms with Crippen LogP contribution >= 0.6 is 11.8 Å². The van der Waals surface area contributed by atoms with E-state index in [1.807, 2.05) is 61.5 Å². The van der Waals surface area contributed by atoms with Crippen LogP contribution in [-0.2, 0) is 25.5 Å². The van der Waals surface area contributed by atoms with E-state index in [1.54, 1.807) is 6.92 Å². The number of amides is 1. The number of carbonyl (C=O) groups excluding carboxylic acids is 3. The Kier molecular flexibility index (Phi) is 8.93. The highest BCUT2D eigenvalue weighted by molar-refractivity contribution is 8.13. The number of aryl methyl sites for hydroxylation is 1. The zero-order valence-electron chi connectivity index (χ0n) is 17.1. The van der Waals surface area contributed by atoms with Crippen LogP contribution in [0.2, 0.25) is 0 Å². The summed E-state index contributed by atoms with van der Waals surface area (Å²) in [5.74, 6) is -0.741.